The van der Waals surface area contributed by atoms with Crippen LogP contribution in [0.3, 0.4) is 0 Å². The average Bonchev–Trinajstić information content (AvgIpc) is 2.23. The van der Waals surface area contributed by atoms with E-state index in [-0.39, 0.29) is 11.9 Å². The molecule has 0 radical (unpaired) electrons. The molecule has 0 saturated heterocycles. The Morgan fingerprint density at radius 1 is 1.19 bits per heavy atom. The standard InChI is InChI=1S/C13H28N2O/c1-6-7-8-9-10-11(2)14-12(3)13(16)15(4)5/h11-12,14H,6-10H2,1-5H3/t11?,12-/m1/s1. The maximum absolute atomic E-state index is 11.6. The molecule has 0 aliphatic heterocycles. The molecule has 0 aliphatic carbocycles. The second-order valence-electron chi connectivity index (χ2n) is 4.87. The first kappa shape index (κ1) is 15.4. The van der Waals surface area contributed by atoms with Crippen LogP contribution in [0, 0.1) is 0 Å². The van der Waals surface area contributed by atoms with Crippen LogP contribution in [-0.4, -0.2) is 37.0 Å². The smallest absolute Gasteiger partial charge is 0.238 e. The van der Waals surface area contributed by atoms with Crippen LogP contribution in [0.15, 0.2) is 0 Å². The highest BCUT2D eigenvalue weighted by molar-refractivity contribution is 5.80. The lowest BCUT2D eigenvalue weighted by molar-refractivity contribution is -0.130. The van der Waals surface area contributed by atoms with Crippen LogP contribution in [0.25, 0.3) is 0 Å². The van der Waals surface area contributed by atoms with Gasteiger partial charge in [-0.1, -0.05) is 32.6 Å². The van der Waals surface area contributed by atoms with Gasteiger partial charge in [0.25, 0.3) is 0 Å². The molecule has 0 aliphatic rings. The van der Waals surface area contributed by atoms with E-state index >= 15 is 0 Å². The Morgan fingerprint density at radius 2 is 1.81 bits per heavy atom. The third-order valence-corrected chi connectivity index (χ3v) is 2.84. The number of carbonyl (C=O) groups is 1. The summed E-state index contributed by atoms with van der Waals surface area (Å²) in [5, 5.41) is 3.35. The Labute approximate surface area is 101 Å². The van der Waals surface area contributed by atoms with Crippen molar-refractivity contribution in [3.8, 4) is 0 Å². The number of rotatable bonds is 8. The van der Waals surface area contributed by atoms with Crippen molar-refractivity contribution in [1.29, 1.82) is 0 Å². The van der Waals surface area contributed by atoms with E-state index in [9.17, 15) is 4.79 Å². The summed E-state index contributed by atoms with van der Waals surface area (Å²) < 4.78 is 0. The molecule has 0 aromatic heterocycles. The summed E-state index contributed by atoms with van der Waals surface area (Å²) in [6, 6.07) is 0.354. The van der Waals surface area contributed by atoms with Crippen molar-refractivity contribution in [3.05, 3.63) is 0 Å². The molecule has 0 aromatic rings. The van der Waals surface area contributed by atoms with Crippen molar-refractivity contribution in [2.75, 3.05) is 14.1 Å². The molecule has 0 fully saturated rings. The minimum atomic E-state index is -0.0730. The van der Waals surface area contributed by atoms with Gasteiger partial charge in [0.05, 0.1) is 6.04 Å². The van der Waals surface area contributed by atoms with Crippen LogP contribution >= 0.6 is 0 Å². The first-order valence-corrected chi connectivity index (χ1v) is 6.46. The lowest BCUT2D eigenvalue weighted by Crippen LogP contribution is -2.45. The van der Waals surface area contributed by atoms with E-state index in [1.54, 1.807) is 19.0 Å². The van der Waals surface area contributed by atoms with Crippen molar-refractivity contribution in [1.82, 2.24) is 10.2 Å². The highest BCUT2D eigenvalue weighted by Gasteiger charge is 2.16. The predicted octanol–water partition coefficient (Wildman–Crippen LogP) is 2.41. The topological polar surface area (TPSA) is 32.3 Å². The van der Waals surface area contributed by atoms with E-state index in [1.165, 1.54) is 25.7 Å². The van der Waals surface area contributed by atoms with Gasteiger partial charge < -0.3 is 10.2 Å². The Hall–Kier alpha value is -0.570. The molecule has 1 unspecified atom stereocenters. The number of nitrogens with zero attached hydrogens (tertiary/aromatic N) is 1. The molecular weight excluding hydrogens is 200 g/mol. The first-order valence-electron chi connectivity index (χ1n) is 6.46. The molecule has 3 heteroatoms. The van der Waals surface area contributed by atoms with Crippen LogP contribution in [0.4, 0.5) is 0 Å². The number of carbonyl (C=O) groups excluding carboxylic acids is 1. The average molecular weight is 228 g/mol. The third-order valence-electron chi connectivity index (χ3n) is 2.84. The van der Waals surface area contributed by atoms with E-state index in [1.807, 2.05) is 6.92 Å². The summed E-state index contributed by atoms with van der Waals surface area (Å²) >= 11 is 0. The molecule has 1 amide bonds. The molecule has 3 nitrogen and oxygen atoms in total. The molecule has 96 valence electrons. The fourth-order valence-electron chi connectivity index (χ4n) is 1.85. The van der Waals surface area contributed by atoms with Gasteiger partial charge >= 0.3 is 0 Å². The lowest BCUT2D eigenvalue weighted by atomic mass is 10.1. The van der Waals surface area contributed by atoms with Gasteiger partial charge in [-0.2, -0.15) is 0 Å². The molecule has 0 saturated carbocycles. The molecule has 0 rings (SSSR count). The second-order valence-corrected chi connectivity index (χ2v) is 4.87. The summed E-state index contributed by atoms with van der Waals surface area (Å²) in [6.45, 7) is 6.32. The zero-order chi connectivity index (χ0) is 12.6. The summed E-state index contributed by atoms with van der Waals surface area (Å²) in [5.74, 6) is 0.153. The van der Waals surface area contributed by atoms with Gasteiger partial charge in [-0.15, -0.1) is 0 Å². The molecular formula is C13H28N2O. The highest BCUT2D eigenvalue weighted by Crippen LogP contribution is 2.06. The van der Waals surface area contributed by atoms with Crippen molar-refractivity contribution in [2.24, 2.45) is 0 Å². The summed E-state index contributed by atoms with van der Waals surface area (Å²) in [5.41, 5.74) is 0. The van der Waals surface area contributed by atoms with E-state index in [4.69, 9.17) is 0 Å². The van der Waals surface area contributed by atoms with E-state index in [2.05, 4.69) is 19.2 Å². The number of nitrogens with one attached hydrogen (secondary N) is 1. The molecule has 0 heterocycles. The minimum Gasteiger partial charge on any atom is -0.347 e. The van der Waals surface area contributed by atoms with Crippen LogP contribution < -0.4 is 5.32 Å². The monoisotopic (exact) mass is 228 g/mol. The molecule has 2 atom stereocenters. The van der Waals surface area contributed by atoms with Gasteiger partial charge in [-0.3, -0.25) is 4.79 Å². The number of likely N-dealkylation sites (N-methyl/N-ethyl adjacent to an activating group) is 1. The maximum Gasteiger partial charge on any atom is 0.238 e. The quantitative estimate of drug-likeness (QED) is 0.647. The summed E-state index contributed by atoms with van der Waals surface area (Å²) in [4.78, 5) is 13.3. The number of hydrogen-bond donors (Lipinski definition) is 1. The third kappa shape index (κ3) is 6.83. The largest absolute Gasteiger partial charge is 0.347 e. The van der Waals surface area contributed by atoms with Crippen LogP contribution in [-0.2, 0) is 4.79 Å². The predicted molar refractivity (Wildman–Crippen MR) is 69.5 cm³/mol. The van der Waals surface area contributed by atoms with Gasteiger partial charge in [-0.05, 0) is 20.3 Å². The van der Waals surface area contributed by atoms with Crippen molar-refractivity contribution >= 4 is 5.91 Å². The lowest BCUT2D eigenvalue weighted by Gasteiger charge is -2.22. The minimum absolute atomic E-state index is 0.0730. The fourth-order valence-corrected chi connectivity index (χ4v) is 1.85. The summed E-state index contributed by atoms with van der Waals surface area (Å²) in [7, 11) is 3.60. The Morgan fingerprint density at radius 3 is 2.31 bits per heavy atom. The number of amides is 1. The van der Waals surface area contributed by atoms with Crippen molar-refractivity contribution in [3.63, 3.8) is 0 Å². The molecule has 0 aromatic carbocycles. The van der Waals surface area contributed by atoms with Gasteiger partial charge in [0.1, 0.15) is 0 Å². The highest BCUT2D eigenvalue weighted by atomic mass is 16.2. The van der Waals surface area contributed by atoms with Gasteiger partial charge in [0, 0.05) is 20.1 Å². The molecule has 0 spiro atoms. The van der Waals surface area contributed by atoms with Gasteiger partial charge in [0.15, 0.2) is 0 Å². The fraction of sp³-hybridized carbons (Fsp3) is 0.923. The van der Waals surface area contributed by atoms with E-state index < -0.39 is 0 Å². The number of hydrogen-bond acceptors (Lipinski definition) is 2. The zero-order valence-corrected chi connectivity index (χ0v) is 11.5. The maximum atomic E-state index is 11.6. The Kier molecular flexibility index (Phi) is 8.26. The van der Waals surface area contributed by atoms with Gasteiger partial charge in [-0.25, -0.2) is 0 Å². The van der Waals surface area contributed by atoms with E-state index in [0.717, 1.165) is 6.42 Å². The van der Waals surface area contributed by atoms with Crippen LogP contribution in [0.5, 0.6) is 0 Å². The van der Waals surface area contributed by atoms with Crippen LogP contribution in [0.1, 0.15) is 52.9 Å². The molecule has 16 heavy (non-hydrogen) atoms. The Bertz CT molecular complexity index is 192. The normalized spacial score (nSPS) is 14.6. The van der Waals surface area contributed by atoms with E-state index in [0.29, 0.717) is 6.04 Å². The second kappa shape index (κ2) is 8.57. The molecule has 1 N–H and O–H groups in total. The Balaban J connectivity index is 3.69. The summed E-state index contributed by atoms with van der Waals surface area (Å²) in [6.07, 6.45) is 6.31. The SMILES string of the molecule is CCCCCCC(C)N[C@H](C)C(=O)N(C)C. The first-order chi connectivity index (χ1) is 7.49. The van der Waals surface area contributed by atoms with Crippen molar-refractivity contribution in [2.45, 2.75) is 65.0 Å². The number of unbranched alkanes of at least 4 members (excludes halogenated alkanes) is 3. The van der Waals surface area contributed by atoms with Gasteiger partial charge in [0.2, 0.25) is 5.91 Å². The van der Waals surface area contributed by atoms with Crippen LogP contribution in [0.2, 0.25) is 0 Å². The van der Waals surface area contributed by atoms with Crippen molar-refractivity contribution < 1.29 is 4.79 Å². The zero-order valence-electron chi connectivity index (χ0n) is 11.5. The molecule has 0 bridgehead atoms.